The van der Waals surface area contributed by atoms with E-state index in [0.717, 1.165) is 5.56 Å². The zero-order valence-corrected chi connectivity index (χ0v) is 20.1. The van der Waals surface area contributed by atoms with Crippen molar-refractivity contribution >= 4 is 22.1 Å². The lowest BCUT2D eigenvalue weighted by atomic mass is 9.97. The Balaban J connectivity index is 1.34. The first-order valence-electron chi connectivity index (χ1n) is 12.3. The van der Waals surface area contributed by atoms with E-state index in [0.29, 0.717) is 0 Å². The summed E-state index contributed by atoms with van der Waals surface area (Å²) in [6, 6.07) is 27.0. The van der Waals surface area contributed by atoms with Crippen LogP contribution in [-0.4, -0.2) is 5.11 Å². The van der Waals surface area contributed by atoms with Gasteiger partial charge in [0, 0.05) is 20.9 Å². The van der Waals surface area contributed by atoms with Gasteiger partial charge in [0.2, 0.25) is 0 Å². The summed E-state index contributed by atoms with van der Waals surface area (Å²) in [5.41, 5.74) is 13.0. The highest BCUT2D eigenvalue weighted by Gasteiger charge is 2.30. The van der Waals surface area contributed by atoms with Crippen molar-refractivity contribution in [2.75, 3.05) is 0 Å². The third kappa shape index (κ3) is 2.82. The second-order valence-electron chi connectivity index (χ2n) is 9.60. The molecule has 0 fully saturated rings. The van der Waals surface area contributed by atoms with Crippen LogP contribution in [0.15, 0.2) is 72.8 Å². The van der Waals surface area contributed by atoms with E-state index in [1.165, 1.54) is 96.3 Å². The Bertz CT molecular complexity index is 1560. The minimum absolute atomic E-state index is 0.0815. The Morgan fingerprint density at radius 3 is 2.03 bits per heavy atom. The number of benzene rings is 4. The van der Waals surface area contributed by atoms with Crippen LogP contribution < -0.4 is 0 Å². The van der Waals surface area contributed by atoms with Gasteiger partial charge in [-0.1, -0.05) is 80.4 Å². The Labute approximate surface area is 204 Å². The second-order valence-corrected chi connectivity index (χ2v) is 10.7. The molecule has 0 aliphatic heterocycles. The molecule has 166 valence electrons. The molecule has 2 aliphatic carbocycles. The molecule has 4 aromatic carbocycles. The van der Waals surface area contributed by atoms with Gasteiger partial charge in [-0.2, -0.15) is 0 Å². The van der Waals surface area contributed by atoms with Gasteiger partial charge in [-0.05, 0) is 80.3 Å². The number of fused-ring (bicyclic) bond motifs is 6. The van der Waals surface area contributed by atoms with Crippen LogP contribution in [0.25, 0.3) is 65.7 Å². The van der Waals surface area contributed by atoms with Crippen molar-refractivity contribution < 1.29 is 5.11 Å². The summed E-state index contributed by atoms with van der Waals surface area (Å²) < 4.78 is 0. The third-order valence-electron chi connectivity index (χ3n) is 7.58. The molecule has 2 heteroatoms. The highest BCUT2D eigenvalue weighted by atomic mass is 32.1. The van der Waals surface area contributed by atoms with E-state index in [1.807, 2.05) is 23.5 Å². The van der Waals surface area contributed by atoms with Gasteiger partial charge < -0.3 is 5.11 Å². The molecule has 0 bridgehead atoms. The maximum atomic E-state index is 9.37. The van der Waals surface area contributed by atoms with Crippen molar-refractivity contribution in [3.63, 3.8) is 0 Å². The zero-order chi connectivity index (χ0) is 22.8. The maximum absolute atomic E-state index is 9.37. The molecule has 7 rings (SSSR count). The maximum Gasteiger partial charge on any atom is 0.0681 e. The highest BCUT2D eigenvalue weighted by Crippen LogP contribution is 2.58. The Morgan fingerprint density at radius 2 is 1.26 bits per heavy atom. The monoisotopic (exact) mass is 458 g/mol. The zero-order valence-electron chi connectivity index (χ0n) is 19.3. The fourth-order valence-corrected chi connectivity index (χ4v) is 7.10. The predicted molar refractivity (Wildman–Crippen MR) is 145 cm³/mol. The van der Waals surface area contributed by atoms with Crippen LogP contribution in [0.3, 0.4) is 0 Å². The molecule has 0 saturated heterocycles. The topological polar surface area (TPSA) is 20.2 Å². The lowest BCUT2D eigenvalue weighted by Gasteiger charge is -2.08. The van der Waals surface area contributed by atoms with E-state index < -0.39 is 0 Å². The van der Waals surface area contributed by atoms with E-state index in [4.69, 9.17) is 0 Å². The van der Waals surface area contributed by atoms with Crippen molar-refractivity contribution in [2.24, 2.45) is 0 Å². The Kier molecular flexibility index (Phi) is 4.55. The molecule has 0 amide bonds. The van der Waals surface area contributed by atoms with Gasteiger partial charge in [-0.25, -0.2) is 0 Å². The van der Waals surface area contributed by atoms with Gasteiger partial charge in [-0.3, -0.25) is 0 Å². The summed E-state index contributed by atoms with van der Waals surface area (Å²) in [7, 11) is 0. The van der Waals surface area contributed by atoms with Gasteiger partial charge in [0.1, 0.15) is 0 Å². The number of aliphatic hydroxyl groups excluding tert-OH is 1. The quantitative estimate of drug-likeness (QED) is 0.246. The minimum atomic E-state index is 0.0815. The lowest BCUT2D eigenvalue weighted by Crippen LogP contribution is -1.84. The molecule has 0 saturated carbocycles. The fraction of sp³-hybridized carbons (Fsp3) is 0.188. The molecule has 5 aromatic rings. The number of hydrogen-bond donors (Lipinski definition) is 1. The van der Waals surface area contributed by atoms with Crippen molar-refractivity contribution in [2.45, 2.75) is 39.2 Å². The van der Waals surface area contributed by atoms with E-state index in [-0.39, 0.29) is 6.61 Å². The van der Waals surface area contributed by atoms with Crippen molar-refractivity contribution in [1.82, 2.24) is 0 Å². The van der Waals surface area contributed by atoms with Crippen LogP contribution in [0.2, 0.25) is 0 Å². The summed E-state index contributed by atoms with van der Waals surface area (Å²) in [4.78, 5) is 2.99. The first-order chi connectivity index (χ1) is 16.8. The smallest absolute Gasteiger partial charge is 0.0681 e. The number of rotatable bonds is 6. The van der Waals surface area contributed by atoms with Gasteiger partial charge in [0.05, 0.1) is 6.61 Å². The fourth-order valence-electron chi connectivity index (χ4n) is 5.86. The number of aryl methyl sites for hydroxylation is 1. The van der Waals surface area contributed by atoms with Crippen LogP contribution in [0.4, 0.5) is 0 Å². The summed E-state index contributed by atoms with van der Waals surface area (Å²) in [6.07, 6.45) is 5.08. The van der Waals surface area contributed by atoms with E-state index >= 15 is 0 Å². The molecular weight excluding hydrogens is 432 g/mol. The molecule has 0 atom stereocenters. The van der Waals surface area contributed by atoms with E-state index in [2.05, 4.69) is 67.6 Å². The van der Waals surface area contributed by atoms with E-state index in [1.54, 1.807) is 0 Å². The van der Waals surface area contributed by atoms with Crippen molar-refractivity contribution in [3.8, 4) is 54.9 Å². The van der Waals surface area contributed by atoms with Gasteiger partial charge in [-0.15, -0.1) is 11.3 Å². The van der Waals surface area contributed by atoms with E-state index in [9.17, 15) is 5.11 Å². The van der Waals surface area contributed by atoms with Crippen LogP contribution in [0.5, 0.6) is 0 Å². The summed E-state index contributed by atoms with van der Waals surface area (Å²) in [5, 5.41) is 12.2. The molecule has 0 spiro atoms. The van der Waals surface area contributed by atoms with Gasteiger partial charge >= 0.3 is 0 Å². The van der Waals surface area contributed by atoms with Crippen LogP contribution in [0.1, 0.15) is 36.6 Å². The standard InChI is InChI=1S/C32H26OS/c1-2-3-4-5-22-17-29-26-13-12-24-23-11-10-21(20-8-6-19(18-33)7-9-20)16-28(23)25-14-15-27(32(29)34-22)31(26)30(24)25/h6-17,33H,2-5,18H2,1H3. The van der Waals surface area contributed by atoms with Gasteiger partial charge in [0.25, 0.3) is 0 Å². The minimum Gasteiger partial charge on any atom is -0.392 e. The SMILES string of the molecule is CCCCCc1cc2c(s1)-c1ccc3c4c(ccc-2c14)-c1ccc(-c2ccc(CO)cc2)cc1-3. The van der Waals surface area contributed by atoms with Crippen molar-refractivity contribution in [1.29, 1.82) is 0 Å². The molecular formula is C32H26OS. The molecule has 1 N–H and O–H groups in total. The molecule has 1 heterocycles. The predicted octanol–water partition coefficient (Wildman–Crippen LogP) is 9.09. The molecule has 2 aliphatic rings. The Morgan fingerprint density at radius 1 is 0.618 bits per heavy atom. The summed E-state index contributed by atoms with van der Waals surface area (Å²) in [5.74, 6) is 0. The van der Waals surface area contributed by atoms with Crippen LogP contribution in [-0.2, 0) is 13.0 Å². The molecule has 1 aromatic heterocycles. The normalized spacial score (nSPS) is 12.4. The number of hydrogen-bond acceptors (Lipinski definition) is 2. The molecule has 1 nitrogen and oxygen atoms in total. The largest absolute Gasteiger partial charge is 0.392 e. The highest BCUT2D eigenvalue weighted by molar-refractivity contribution is 7.16. The number of thiophene rings is 1. The molecule has 34 heavy (non-hydrogen) atoms. The average molecular weight is 459 g/mol. The number of unbranched alkanes of at least 4 members (excludes halogenated alkanes) is 2. The Hall–Kier alpha value is -3.20. The molecule has 0 radical (unpaired) electrons. The first kappa shape index (κ1) is 20.2. The summed E-state index contributed by atoms with van der Waals surface area (Å²) in [6.45, 7) is 2.36. The average Bonchev–Trinajstić information content (AvgIpc) is 3.52. The van der Waals surface area contributed by atoms with Crippen LogP contribution in [0, 0.1) is 0 Å². The van der Waals surface area contributed by atoms with Crippen molar-refractivity contribution in [3.05, 3.63) is 83.2 Å². The first-order valence-corrected chi connectivity index (χ1v) is 13.2. The summed E-state index contributed by atoms with van der Waals surface area (Å²) >= 11 is 2.00. The van der Waals surface area contributed by atoms with Gasteiger partial charge in [0.15, 0.2) is 0 Å². The molecule has 0 unspecified atom stereocenters. The van der Waals surface area contributed by atoms with Crippen LogP contribution >= 0.6 is 11.3 Å². The number of aliphatic hydroxyl groups is 1. The third-order valence-corrected chi connectivity index (χ3v) is 8.80. The lowest BCUT2D eigenvalue weighted by molar-refractivity contribution is 0.282. The second kappa shape index (κ2) is 7.66.